The minimum Gasteiger partial charge on any atom is -0.385 e. The van der Waals surface area contributed by atoms with Gasteiger partial charge in [0.2, 0.25) is 0 Å². The predicted octanol–water partition coefficient (Wildman–Crippen LogP) is 3.66. The molecule has 11 heteroatoms. The first-order valence-corrected chi connectivity index (χ1v) is 10.5. The summed E-state index contributed by atoms with van der Waals surface area (Å²) in [5.41, 5.74) is -2.29. The number of pyridine rings is 1. The van der Waals surface area contributed by atoms with Crippen LogP contribution in [0, 0.1) is 17.2 Å². The van der Waals surface area contributed by atoms with E-state index < -0.39 is 29.3 Å². The molecule has 8 nitrogen and oxygen atoms in total. The Kier molecular flexibility index (Phi) is 5.87. The number of hydrogen-bond donors (Lipinski definition) is 2. The van der Waals surface area contributed by atoms with E-state index >= 15 is 0 Å². The van der Waals surface area contributed by atoms with Crippen LogP contribution in [0.25, 0.3) is 5.82 Å². The first-order chi connectivity index (χ1) is 16.0. The highest BCUT2D eigenvalue weighted by Gasteiger charge is 2.43. The van der Waals surface area contributed by atoms with Crippen molar-refractivity contribution in [3.05, 3.63) is 70.9 Å². The number of alkyl halides is 3. The molecule has 0 aliphatic heterocycles. The standard InChI is InChI=1S/C23H21F3N6O2/c1-13(20-29-12-30-32(20)19-6-3-14(10-27)11-28-19)31-21(33)15-7-17(22(2,34)16-4-5-16)9-18(8-15)23(24,25)26/h3,6-9,11-13,16,34H,4-5H2,1-2H3,(H,31,33). The number of halogens is 3. The Morgan fingerprint density at radius 1 is 1.24 bits per heavy atom. The summed E-state index contributed by atoms with van der Waals surface area (Å²) in [5.74, 6) is -0.254. The molecule has 1 amide bonds. The number of carbonyl (C=O) groups excluding carboxylic acids is 1. The number of amides is 1. The van der Waals surface area contributed by atoms with E-state index in [1.54, 1.807) is 19.1 Å². The third-order valence-electron chi connectivity index (χ3n) is 5.88. The van der Waals surface area contributed by atoms with E-state index in [4.69, 9.17) is 5.26 Å². The van der Waals surface area contributed by atoms with Crippen LogP contribution in [-0.2, 0) is 11.8 Å². The van der Waals surface area contributed by atoms with Crippen LogP contribution in [0.3, 0.4) is 0 Å². The first-order valence-electron chi connectivity index (χ1n) is 10.5. The highest BCUT2D eigenvalue weighted by atomic mass is 19.4. The Hall–Kier alpha value is -3.78. The summed E-state index contributed by atoms with van der Waals surface area (Å²) in [5, 5.41) is 26.5. The van der Waals surface area contributed by atoms with E-state index in [0.717, 1.165) is 12.1 Å². The van der Waals surface area contributed by atoms with E-state index in [9.17, 15) is 23.1 Å². The predicted molar refractivity (Wildman–Crippen MR) is 113 cm³/mol. The van der Waals surface area contributed by atoms with Gasteiger partial charge in [-0.15, -0.1) is 0 Å². The second kappa shape index (κ2) is 8.53. The van der Waals surface area contributed by atoms with E-state index in [1.165, 1.54) is 30.2 Å². The summed E-state index contributed by atoms with van der Waals surface area (Å²) in [6.07, 6.45) is -0.646. The number of carbonyl (C=O) groups is 1. The van der Waals surface area contributed by atoms with Crippen LogP contribution in [0.4, 0.5) is 13.2 Å². The van der Waals surface area contributed by atoms with Crippen LogP contribution in [-0.4, -0.2) is 30.8 Å². The van der Waals surface area contributed by atoms with Crippen molar-refractivity contribution in [3.63, 3.8) is 0 Å². The molecular weight excluding hydrogens is 449 g/mol. The molecule has 1 aliphatic rings. The average molecular weight is 470 g/mol. The number of rotatable bonds is 6. The summed E-state index contributed by atoms with van der Waals surface area (Å²) in [4.78, 5) is 21.2. The van der Waals surface area contributed by atoms with Crippen molar-refractivity contribution >= 4 is 5.91 Å². The van der Waals surface area contributed by atoms with Gasteiger partial charge in [-0.1, -0.05) is 0 Å². The zero-order valence-corrected chi connectivity index (χ0v) is 18.3. The molecule has 4 rings (SSSR count). The molecular formula is C23H21F3N6O2. The third kappa shape index (κ3) is 4.63. The zero-order chi connectivity index (χ0) is 24.7. The maximum Gasteiger partial charge on any atom is 0.416 e. The topological polar surface area (TPSA) is 117 Å². The average Bonchev–Trinajstić information content (AvgIpc) is 3.56. The second-order valence-corrected chi connectivity index (χ2v) is 8.46. The van der Waals surface area contributed by atoms with Crippen LogP contribution in [0.5, 0.6) is 0 Å². The fourth-order valence-corrected chi connectivity index (χ4v) is 3.74. The lowest BCUT2D eigenvalue weighted by Gasteiger charge is -2.25. The van der Waals surface area contributed by atoms with Crippen molar-refractivity contribution in [2.45, 2.75) is 44.5 Å². The van der Waals surface area contributed by atoms with Gasteiger partial charge in [-0.25, -0.2) is 9.97 Å². The summed E-state index contributed by atoms with van der Waals surface area (Å²) in [6.45, 7) is 3.08. The molecule has 1 saturated carbocycles. The highest BCUT2D eigenvalue weighted by molar-refractivity contribution is 5.95. The van der Waals surface area contributed by atoms with Gasteiger partial charge in [0.1, 0.15) is 12.4 Å². The molecule has 2 aromatic heterocycles. The van der Waals surface area contributed by atoms with Gasteiger partial charge < -0.3 is 10.4 Å². The molecule has 0 bridgehead atoms. The molecule has 1 fully saturated rings. The molecule has 2 unspecified atom stereocenters. The molecule has 34 heavy (non-hydrogen) atoms. The molecule has 3 aromatic rings. The molecule has 176 valence electrons. The summed E-state index contributed by atoms with van der Waals surface area (Å²) in [6, 6.07) is 7.28. The Labute approximate surface area is 193 Å². The Morgan fingerprint density at radius 2 is 1.94 bits per heavy atom. The highest BCUT2D eigenvalue weighted by Crippen LogP contribution is 2.46. The minimum absolute atomic E-state index is 0.0487. The van der Waals surface area contributed by atoms with Gasteiger partial charge in [0.25, 0.3) is 5.91 Å². The fourth-order valence-electron chi connectivity index (χ4n) is 3.74. The van der Waals surface area contributed by atoms with Crippen molar-refractivity contribution < 1.29 is 23.1 Å². The number of benzene rings is 1. The van der Waals surface area contributed by atoms with Gasteiger partial charge in [0.15, 0.2) is 11.6 Å². The van der Waals surface area contributed by atoms with Crippen LogP contribution < -0.4 is 5.32 Å². The Balaban J connectivity index is 1.62. The normalized spacial score (nSPS) is 16.4. The SMILES string of the molecule is CC(NC(=O)c1cc(C(F)(F)F)cc(C(C)(O)C2CC2)c1)c1ncnn1-c1ccc(C#N)cn1. The van der Waals surface area contributed by atoms with E-state index in [1.807, 2.05) is 6.07 Å². The van der Waals surface area contributed by atoms with Crippen LogP contribution in [0.1, 0.15) is 65.6 Å². The van der Waals surface area contributed by atoms with Crippen LogP contribution in [0.15, 0.2) is 42.9 Å². The lowest BCUT2D eigenvalue weighted by molar-refractivity contribution is -0.137. The third-order valence-corrected chi connectivity index (χ3v) is 5.88. The van der Waals surface area contributed by atoms with E-state index in [2.05, 4.69) is 20.4 Å². The number of nitrogens with zero attached hydrogens (tertiary/aromatic N) is 5. The smallest absolute Gasteiger partial charge is 0.385 e. The van der Waals surface area contributed by atoms with Gasteiger partial charge >= 0.3 is 6.18 Å². The van der Waals surface area contributed by atoms with Crippen molar-refractivity contribution in [3.8, 4) is 11.9 Å². The van der Waals surface area contributed by atoms with Crippen LogP contribution in [0.2, 0.25) is 0 Å². The molecule has 2 N–H and O–H groups in total. The largest absolute Gasteiger partial charge is 0.416 e. The van der Waals surface area contributed by atoms with Gasteiger partial charge in [0.05, 0.1) is 22.8 Å². The van der Waals surface area contributed by atoms with Crippen molar-refractivity contribution in [1.82, 2.24) is 25.1 Å². The van der Waals surface area contributed by atoms with Crippen molar-refractivity contribution in [2.24, 2.45) is 5.92 Å². The van der Waals surface area contributed by atoms with Gasteiger partial charge in [-0.05, 0) is 68.5 Å². The lowest BCUT2D eigenvalue weighted by Crippen LogP contribution is -2.30. The van der Waals surface area contributed by atoms with Gasteiger partial charge in [-0.2, -0.15) is 28.2 Å². The summed E-state index contributed by atoms with van der Waals surface area (Å²) in [7, 11) is 0. The molecule has 0 spiro atoms. The second-order valence-electron chi connectivity index (χ2n) is 8.46. The Morgan fingerprint density at radius 3 is 2.53 bits per heavy atom. The molecule has 1 aliphatic carbocycles. The van der Waals surface area contributed by atoms with E-state index in [-0.39, 0.29) is 17.0 Å². The van der Waals surface area contributed by atoms with Gasteiger partial charge in [0, 0.05) is 11.8 Å². The number of aliphatic hydroxyl groups is 1. The number of aromatic nitrogens is 4. The van der Waals surface area contributed by atoms with Crippen molar-refractivity contribution in [2.75, 3.05) is 0 Å². The summed E-state index contributed by atoms with van der Waals surface area (Å²) < 4.78 is 42.0. The molecule has 0 saturated heterocycles. The van der Waals surface area contributed by atoms with Gasteiger partial charge in [-0.3, -0.25) is 4.79 Å². The number of hydrogen-bond acceptors (Lipinski definition) is 6. The minimum atomic E-state index is -4.68. The summed E-state index contributed by atoms with van der Waals surface area (Å²) >= 11 is 0. The lowest BCUT2D eigenvalue weighted by atomic mass is 9.88. The van der Waals surface area contributed by atoms with Crippen molar-refractivity contribution in [1.29, 1.82) is 5.26 Å². The number of nitriles is 1. The quantitative estimate of drug-likeness (QED) is 0.568. The molecule has 2 atom stereocenters. The van der Waals surface area contributed by atoms with E-state index in [0.29, 0.717) is 30.0 Å². The fraction of sp³-hybridized carbons (Fsp3) is 0.348. The Bertz CT molecular complexity index is 1260. The maximum absolute atomic E-state index is 13.5. The zero-order valence-electron chi connectivity index (χ0n) is 18.3. The number of nitrogens with one attached hydrogen (secondary N) is 1. The maximum atomic E-state index is 13.5. The molecule has 2 heterocycles. The molecule has 1 aromatic carbocycles. The first kappa shape index (κ1) is 23.4. The van der Waals surface area contributed by atoms with Crippen LogP contribution >= 0.6 is 0 Å². The molecule has 0 radical (unpaired) electrons. The monoisotopic (exact) mass is 470 g/mol.